The Bertz CT molecular complexity index is 247. The minimum atomic E-state index is -0.549. The molecule has 5 heteroatoms. The zero-order valence-electron chi connectivity index (χ0n) is 11.1. The van der Waals surface area contributed by atoms with Crippen molar-refractivity contribution in [1.82, 2.24) is 0 Å². The Labute approximate surface area is 108 Å². The van der Waals surface area contributed by atoms with Gasteiger partial charge in [-0.15, -0.1) is 0 Å². The molecule has 0 aromatic rings. The molecule has 2 aliphatic heterocycles. The van der Waals surface area contributed by atoms with Gasteiger partial charge in [0.05, 0.1) is 26.4 Å². The lowest BCUT2D eigenvalue weighted by molar-refractivity contribution is -0.128. The highest BCUT2D eigenvalue weighted by molar-refractivity contribution is 5.60. The van der Waals surface area contributed by atoms with Gasteiger partial charge in [-0.3, -0.25) is 0 Å². The fourth-order valence-corrected chi connectivity index (χ4v) is 2.24. The van der Waals surface area contributed by atoms with E-state index < -0.39 is 6.16 Å². The Kier molecular flexibility index (Phi) is 4.83. The van der Waals surface area contributed by atoms with E-state index in [1.807, 2.05) is 13.8 Å². The van der Waals surface area contributed by atoms with Crippen molar-refractivity contribution in [3.8, 4) is 0 Å². The van der Waals surface area contributed by atoms with E-state index in [1.54, 1.807) is 0 Å². The van der Waals surface area contributed by atoms with Crippen molar-refractivity contribution in [2.45, 2.75) is 38.9 Å². The molecule has 2 atom stereocenters. The van der Waals surface area contributed by atoms with Crippen LogP contribution in [0, 0.1) is 11.8 Å². The smallest absolute Gasteiger partial charge is 0.431 e. The molecule has 0 aromatic carbocycles. The summed E-state index contributed by atoms with van der Waals surface area (Å²) in [6.07, 6.45) is 0.883. The molecule has 2 rings (SSSR count). The lowest BCUT2D eigenvalue weighted by Crippen LogP contribution is -2.43. The predicted octanol–water partition coefficient (Wildman–Crippen LogP) is 1.99. The summed E-state index contributed by atoms with van der Waals surface area (Å²) in [6.45, 7) is 6.73. The fraction of sp³-hybridized carbons (Fsp3) is 0.923. The van der Waals surface area contributed by atoms with Gasteiger partial charge in [-0.25, -0.2) is 4.79 Å². The number of hydrogen-bond donors (Lipinski definition) is 0. The third-order valence-electron chi connectivity index (χ3n) is 3.68. The van der Waals surface area contributed by atoms with Crippen molar-refractivity contribution in [1.29, 1.82) is 0 Å². The highest BCUT2D eigenvalue weighted by Crippen LogP contribution is 2.23. The quantitative estimate of drug-likeness (QED) is 0.682. The summed E-state index contributed by atoms with van der Waals surface area (Å²) in [5, 5.41) is 0. The average molecular weight is 258 g/mol. The molecule has 0 aromatic heterocycles. The largest absolute Gasteiger partial charge is 0.508 e. The second-order valence-corrected chi connectivity index (χ2v) is 4.97. The first kappa shape index (κ1) is 13.6. The second kappa shape index (κ2) is 6.38. The van der Waals surface area contributed by atoms with Gasteiger partial charge in [0.1, 0.15) is 12.2 Å². The van der Waals surface area contributed by atoms with E-state index in [-0.39, 0.29) is 12.2 Å². The summed E-state index contributed by atoms with van der Waals surface area (Å²) in [4.78, 5) is 11.7. The van der Waals surface area contributed by atoms with E-state index in [9.17, 15) is 4.79 Å². The molecule has 2 saturated heterocycles. The van der Waals surface area contributed by atoms with Crippen LogP contribution in [0.3, 0.4) is 0 Å². The summed E-state index contributed by atoms with van der Waals surface area (Å²) in [5.41, 5.74) is 0. The van der Waals surface area contributed by atoms with Crippen molar-refractivity contribution in [3.05, 3.63) is 0 Å². The summed E-state index contributed by atoms with van der Waals surface area (Å²) < 4.78 is 21.0. The SMILES string of the molecule is CCC(OC(=O)OC(CC)C1COC1)C1COC1. The molecule has 5 nitrogen and oxygen atoms in total. The van der Waals surface area contributed by atoms with Crippen molar-refractivity contribution in [3.63, 3.8) is 0 Å². The number of ether oxygens (including phenoxy) is 4. The van der Waals surface area contributed by atoms with Crippen LogP contribution in [0.4, 0.5) is 4.79 Å². The van der Waals surface area contributed by atoms with Crippen LogP contribution in [-0.2, 0) is 18.9 Å². The number of carbonyl (C=O) groups excluding carboxylic acids is 1. The van der Waals surface area contributed by atoms with E-state index in [0.717, 1.165) is 12.8 Å². The number of hydrogen-bond acceptors (Lipinski definition) is 5. The Morgan fingerprint density at radius 3 is 1.61 bits per heavy atom. The minimum absolute atomic E-state index is 0.0820. The van der Waals surface area contributed by atoms with Crippen LogP contribution in [0.5, 0.6) is 0 Å². The molecule has 0 saturated carbocycles. The highest BCUT2D eigenvalue weighted by atomic mass is 16.7. The van der Waals surface area contributed by atoms with Crippen LogP contribution in [0.2, 0.25) is 0 Å². The van der Waals surface area contributed by atoms with E-state index in [2.05, 4.69) is 0 Å². The maximum Gasteiger partial charge on any atom is 0.508 e. The Balaban J connectivity index is 1.75. The maximum absolute atomic E-state index is 11.7. The van der Waals surface area contributed by atoms with Crippen molar-refractivity contribution in [2.75, 3.05) is 26.4 Å². The Morgan fingerprint density at radius 1 is 1.00 bits per heavy atom. The molecule has 0 amide bonds. The van der Waals surface area contributed by atoms with Crippen LogP contribution < -0.4 is 0 Å². The number of carbonyl (C=O) groups is 1. The summed E-state index contributed by atoms with van der Waals surface area (Å²) >= 11 is 0. The summed E-state index contributed by atoms with van der Waals surface area (Å²) in [6, 6.07) is 0. The summed E-state index contributed by atoms with van der Waals surface area (Å²) in [7, 11) is 0. The van der Waals surface area contributed by atoms with Crippen molar-refractivity contribution in [2.24, 2.45) is 11.8 Å². The zero-order valence-corrected chi connectivity index (χ0v) is 11.1. The van der Waals surface area contributed by atoms with E-state index in [1.165, 1.54) is 0 Å². The third-order valence-corrected chi connectivity index (χ3v) is 3.68. The van der Waals surface area contributed by atoms with E-state index >= 15 is 0 Å². The van der Waals surface area contributed by atoms with Crippen molar-refractivity contribution >= 4 is 6.16 Å². The van der Waals surface area contributed by atoms with Crippen molar-refractivity contribution < 1.29 is 23.7 Å². The molecule has 0 N–H and O–H groups in total. The topological polar surface area (TPSA) is 54.0 Å². The molecule has 0 radical (unpaired) electrons. The number of rotatable bonds is 6. The molecule has 2 heterocycles. The van der Waals surface area contributed by atoms with Gasteiger partial charge in [0, 0.05) is 11.8 Å². The molecule has 0 spiro atoms. The van der Waals surface area contributed by atoms with Gasteiger partial charge < -0.3 is 18.9 Å². The van der Waals surface area contributed by atoms with Crippen LogP contribution in [-0.4, -0.2) is 44.8 Å². The molecule has 2 fully saturated rings. The van der Waals surface area contributed by atoms with Crippen LogP contribution >= 0.6 is 0 Å². The van der Waals surface area contributed by atoms with Gasteiger partial charge >= 0.3 is 6.16 Å². The zero-order chi connectivity index (χ0) is 13.0. The molecule has 2 aliphatic rings. The van der Waals surface area contributed by atoms with Gasteiger partial charge in [-0.2, -0.15) is 0 Å². The monoisotopic (exact) mass is 258 g/mol. The predicted molar refractivity (Wildman–Crippen MR) is 64.3 cm³/mol. The molecule has 0 bridgehead atoms. The standard InChI is InChI=1S/C13H22O5/c1-3-11(9-5-15-6-9)17-13(14)18-12(4-2)10-7-16-8-10/h9-12H,3-8H2,1-2H3. The summed E-state index contributed by atoms with van der Waals surface area (Å²) in [5.74, 6) is 0.657. The van der Waals surface area contributed by atoms with Crippen LogP contribution in [0.15, 0.2) is 0 Å². The molecule has 18 heavy (non-hydrogen) atoms. The van der Waals surface area contributed by atoms with Gasteiger partial charge in [-0.05, 0) is 12.8 Å². The van der Waals surface area contributed by atoms with Gasteiger partial charge in [0.2, 0.25) is 0 Å². The van der Waals surface area contributed by atoms with E-state index in [0.29, 0.717) is 38.3 Å². The average Bonchev–Trinajstić information content (AvgIpc) is 2.22. The van der Waals surface area contributed by atoms with Crippen LogP contribution in [0.1, 0.15) is 26.7 Å². The van der Waals surface area contributed by atoms with Gasteiger partial charge in [0.15, 0.2) is 0 Å². The third kappa shape index (κ3) is 3.14. The Morgan fingerprint density at radius 2 is 1.39 bits per heavy atom. The first-order valence-corrected chi connectivity index (χ1v) is 6.77. The molecule has 104 valence electrons. The molecular weight excluding hydrogens is 236 g/mol. The Hall–Kier alpha value is -0.810. The van der Waals surface area contributed by atoms with Crippen LogP contribution in [0.25, 0.3) is 0 Å². The fourth-order valence-electron chi connectivity index (χ4n) is 2.24. The first-order chi connectivity index (χ1) is 8.74. The van der Waals surface area contributed by atoms with E-state index in [4.69, 9.17) is 18.9 Å². The minimum Gasteiger partial charge on any atom is -0.431 e. The van der Waals surface area contributed by atoms with Gasteiger partial charge in [-0.1, -0.05) is 13.8 Å². The highest BCUT2D eigenvalue weighted by Gasteiger charge is 2.33. The lowest BCUT2D eigenvalue weighted by Gasteiger charge is -2.34. The maximum atomic E-state index is 11.7. The normalized spacial score (nSPS) is 23.7. The first-order valence-electron chi connectivity index (χ1n) is 6.77. The van der Waals surface area contributed by atoms with Gasteiger partial charge in [0.25, 0.3) is 0 Å². The molecule has 2 unspecified atom stereocenters. The lowest BCUT2D eigenvalue weighted by atomic mass is 9.98. The molecule has 0 aliphatic carbocycles. The molecular formula is C13H22O5. The second-order valence-electron chi connectivity index (χ2n) is 4.97.